The molecule has 2 heterocycles. The third-order valence-electron chi connectivity index (χ3n) is 2.59. The molecule has 1 aromatic rings. The van der Waals surface area contributed by atoms with Crippen molar-refractivity contribution in [2.75, 3.05) is 6.61 Å². The van der Waals surface area contributed by atoms with E-state index >= 15 is 0 Å². The maximum absolute atomic E-state index is 9.00. The molecule has 4 heteroatoms. The highest BCUT2D eigenvalue weighted by Crippen LogP contribution is 2.19. The summed E-state index contributed by atoms with van der Waals surface area (Å²) in [5, 5.41) is 12.7. The number of aliphatic hydroxyl groups excluding tert-OH is 1. The summed E-state index contributed by atoms with van der Waals surface area (Å²) in [6.07, 6.45) is 5.98. The van der Waals surface area contributed by atoms with Crippen LogP contribution in [0.5, 0.6) is 0 Å². The number of nitrogens with zero attached hydrogens (tertiary/aromatic N) is 1. The van der Waals surface area contributed by atoms with E-state index in [0.717, 1.165) is 37.2 Å². The second-order valence-corrected chi connectivity index (χ2v) is 3.63. The molecular formula is C10H15NO3. The van der Waals surface area contributed by atoms with Crippen LogP contribution in [0.4, 0.5) is 0 Å². The molecule has 1 aliphatic rings. The summed E-state index contributed by atoms with van der Waals surface area (Å²) in [6, 6.07) is 0. The Labute approximate surface area is 82.9 Å². The Morgan fingerprint density at radius 1 is 1.50 bits per heavy atom. The molecule has 1 unspecified atom stereocenters. The minimum absolute atomic E-state index is 0.00838. The zero-order valence-corrected chi connectivity index (χ0v) is 8.11. The summed E-state index contributed by atoms with van der Waals surface area (Å²) in [4.78, 5) is 0. The summed E-state index contributed by atoms with van der Waals surface area (Å²) in [7, 11) is 0. The average Bonchev–Trinajstić information content (AvgIpc) is 2.67. The van der Waals surface area contributed by atoms with Crippen LogP contribution < -0.4 is 0 Å². The normalized spacial score (nSPS) is 22.5. The largest absolute Gasteiger partial charge is 0.391 e. The van der Waals surface area contributed by atoms with Crippen molar-refractivity contribution in [3.05, 3.63) is 17.5 Å². The number of hydrogen-bond acceptors (Lipinski definition) is 4. The Bertz CT molecular complexity index is 279. The topological polar surface area (TPSA) is 55.5 Å². The number of ether oxygens (including phenoxy) is 1. The average molecular weight is 197 g/mol. The first-order valence-electron chi connectivity index (χ1n) is 5.05. The molecular weight excluding hydrogens is 182 g/mol. The van der Waals surface area contributed by atoms with Gasteiger partial charge in [-0.05, 0) is 19.3 Å². The van der Waals surface area contributed by atoms with Crippen LogP contribution in [0.25, 0.3) is 0 Å². The number of aliphatic hydroxyl groups is 1. The lowest BCUT2D eigenvalue weighted by Crippen LogP contribution is -2.21. The molecule has 4 nitrogen and oxygen atoms in total. The van der Waals surface area contributed by atoms with Gasteiger partial charge in [0.1, 0.15) is 5.76 Å². The number of hydrogen-bond donors (Lipinski definition) is 1. The van der Waals surface area contributed by atoms with E-state index in [0.29, 0.717) is 0 Å². The zero-order chi connectivity index (χ0) is 9.80. The van der Waals surface area contributed by atoms with Crippen molar-refractivity contribution < 1.29 is 14.4 Å². The van der Waals surface area contributed by atoms with Gasteiger partial charge in [-0.15, -0.1) is 0 Å². The molecule has 0 aliphatic carbocycles. The van der Waals surface area contributed by atoms with Gasteiger partial charge in [-0.1, -0.05) is 5.16 Å². The molecule has 1 saturated heterocycles. The van der Waals surface area contributed by atoms with E-state index in [-0.39, 0.29) is 12.7 Å². The lowest BCUT2D eigenvalue weighted by molar-refractivity contribution is 0.0128. The van der Waals surface area contributed by atoms with Crippen LogP contribution in [-0.2, 0) is 17.8 Å². The Morgan fingerprint density at radius 2 is 2.43 bits per heavy atom. The van der Waals surface area contributed by atoms with E-state index < -0.39 is 0 Å². The smallest absolute Gasteiger partial charge is 0.144 e. The number of rotatable bonds is 3. The third-order valence-corrected chi connectivity index (χ3v) is 2.59. The first-order valence-corrected chi connectivity index (χ1v) is 5.05. The summed E-state index contributed by atoms with van der Waals surface area (Å²) in [5.41, 5.74) is 0.777. The van der Waals surface area contributed by atoms with E-state index in [1.807, 2.05) is 0 Å². The van der Waals surface area contributed by atoms with Crippen molar-refractivity contribution in [2.24, 2.45) is 0 Å². The highest BCUT2D eigenvalue weighted by atomic mass is 16.5. The van der Waals surface area contributed by atoms with E-state index in [9.17, 15) is 0 Å². The van der Waals surface area contributed by atoms with Gasteiger partial charge in [0.25, 0.3) is 0 Å². The predicted octanol–water partition coefficient (Wildman–Crippen LogP) is 1.28. The summed E-state index contributed by atoms with van der Waals surface area (Å²) in [6.45, 7) is 0.832. The van der Waals surface area contributed by atoms with Crippen LogP contribution in [0.15, 0.2) is 10.7 Å². The van der Waals surface area contributed by atoms with Gasteiger partial charge in [0.15, 0.2) is 0 Å². The SMILES string of the molecule is OCc1cnoc1CC1CCCCO1. The second-order valence-electron chi connectivity index (χ2n) is 3.63. The minimum atomic E-state index is -0.00838. The molecule has 78 valence electrons. The van der Waals surface area contributed by atoms with E-state index in [2.05, 4.69) is 5.16 Å². The van der Waals surface area contributed by atoms with Crippen LogP contribution in [0.3, 0.4) is 0 Å². The van der Waals surface area contributed by atoms with Crippen molar-refractivity contribution in [3.8, 4) is 0 Å². The first kappa shape index (κ1) is 9.68. The van der Waals surface area contributed by atoms with Crippen molar-refractivity contribution in [1.82, 2.24) is 5.16 Å². The van der Waals surface area contributed by atoms with Crippen LogP contribution in [0, 0.1) is 0 Å². The van der Waals surface area contributed by atoms with Crippen LogP contribution in [-0.4, -0.2) is 23.0 Å². The van der Waals surface area contributed by atoms with Gasteiger partial charge in [-0.25, -0.2) is 0 Å². The maximum atomic E-state index is 9.00. The molecule has 0 radical (unpaired) electrons. The zero-order valence-electron chi connectivity index (χ0n) is 8.11. The van der Waals surface area contributed by atoms with E-state index in [4.69, 9.17) is 14.4 Å². The monoisotopic (exact) mass is 197 g/mol. The first-order chi connectivity index (χ1) is 6.90. The fourth-order valence-corrected chi connectivity index (χ4v) is 1.76. The predicted molar refractivity (Wildman–Crippen MR) is 49.7 cm³/mol. The van der Waals surface area contributed by atoms with Crippen LogP contribution >= 0.6 is 0 Å². The highest BCUT2D eigenvalue weighted by Gasteiger charge is 2.18. The van der Waals surface area contributed by atoms with Gasteiger partial charge < -0.3 is 14.4 Å². The van der Waals surface area contributed by atoms with Gasteiger partial charge in [0.05, 0.1) is 18.9 Å². The quantitative estimate of drug-likeness (QED) is 0.793. The molecule has 14 heavy (non-hydrogen) atoms. The standard InChI is InChI=1S/C10H15NO3/c12-7-8-6-11-14-10(8)5-9-3-1-2-4-13-9/h6,9,12H,1-5,7H2. The van der Waals surface area contributed by atoms with E-state index in [1.54, 1.807) is 6.20 Å². The molecule has 0 spiro atoms. The summed E-state index contributed by atoms with van der Waals surface area (Å²) < 4.78 is 10.6. The molecule has 1 N–H and O–H groups in total. The molecule has 0 bridgehead atoms. The van der Waals surface area contributed by atoms with Crippen molar-refractivity contribution in [2.45, 2.75) is 38.4 Å². The van der Waals surface area contributed by atoms with Crippen molar-refractivity contribution >= 4 is 0 Å². The molecule has 0 saturated carbocycles. The highest BCUT2D eigenvalue weighted by molar-refractivity contribution is 5.12. The van der Waals surface area contributed by atoms with E-state index in [1.165, 1.54) is 6.42 Å². The van der Waals surface area contributed by atoms with Crippen LogP contribution in [0.1, 0.15) is 30.6 Å². The Morgan fingerprint density at radius 3 is 3.14 bits per heavy atom. The fraction of sp³-hybridized carbons (Fsp3) is 0.700. The Hall–Kier alpha value is -0.870. The van der Waals surface area contributed by atoms with Gasteiger partial charge in [-0.2, -0.15) is 0 Å². The minimum Gasteiger partial charge on any atom is -0.391 e. The Kier molecular flexibility index (Phi) is 3.16. The molecule has 1 aromatic heterocycles. The number of aromatic nitrogens is 1. The van der Waals surface area contributed by atoms with Crippen LogP contribution in [0.2, 0.25) is 0 Å². The lowest BCUT2D eigenvalue weighted by atomic mass is 10.0. The van der Waals surface area contributed by atoms with Gasteiger partial charge >= 0.3 is 0 Å². The Balaban J connectivity index is 1.95. The van der Waals surface area contributed by atoms with Gasteiger partial charge in [-0.3, -0.25) is 0 Å². The molecule has 2 rings (SSSR count). The molecule has 1 fully saturated rings. The molecule has 0 aromatic carbocycles. The fourth-order valence-electron chi connectivity index (χ4n) is 1.76. The summed E-state index contributed by atoms with van der Waals surface area (Å²) in [5.74, 6) is 0.763. The van der Waals surface area contributed by atoms with Gasteiger partial charge in [0, 0.05) is 18.6 Å². The van der Waals surface area contributed by atoms with Gasteiger partial charge in [0.2, 0.25) is 0 Å². The summed E-state index contributed by atoms with van der Waals surface area (Å²) >= 11 is 0. The molecule has 1 atom stereocenters. The van der Waals surface area contributed by atoms with Crippen molar-refractivity contribution in [1.29, 1.82) is 0 Å². The maximum Gasteiger partial charge on any atom is 0.144 e. The third kappa shape index (κ3) is 2.13. The molecule has 1 aliphatic heterocycles. The van der Waals surface area contributed by atoms with Crippen molar-refractivity contribution in [3.63, 3.8) is 0 Å². The molecule has 0 amide bonds. The second kappa shape index (κ2) is 4.57. The lowest BCUT2D eigenvalue weighted by Gasteiger charge is -2.21.